The van der Waals surface area contributed by atoms with E-state index in [1.807, 2.05) is 48.5 Å². The predicted octanol–water partition coefficient (Wildman–Crippen LogP) is 3.65. The Morgan fingerprint density at radius 1 is 0.867 bits per heavy atom. The van der Waals surface area contributed by atoms with Gasteiger partial charge in [0, 0.05) is 24.0 Å². The van der Waals surface area contributed by atoms with Gasteiger partial charge in [0.05, 0.1) is 5.69 Å². The summed E-state index contributed by atoms with van der Waals surface area (Å²) in [5.74, 6) is -0.546. The molecule has 30 heavy (non-hydrogen) atoms. The minimum Gasteiger partial charge on any atom is -0.347 e. The standard InChI is InChI=1S/C23H19N5O2/c29-22(21-14-20(27-28-21)17-8-2-1-3-9-17)25-15-16-7-6-10-18(13-16)26-23(30)19-11-4-5-12-24-19/h1-14H,15H2,(H,25,29)(H,26,30)(H,27,28). The average molecular weight is 397 g/mol. The van der Waals surface area contributed by atoms with E-state index in [9.17, 15) is 9.59 Å². The van der Waals surface area contributed by atoms with E-state index in [2.05, 4.69) is 25.8 Å². The minimum absolute atomic E-state index is 0.257. The van der Waals surface area contributed by atoms with Crippen LogP contribution in [0.4, 0.5) is 5.69 Å². The van der Waals surface area contributed by atoms with Crippen molar-refractivity contribution >= 4 is 17.5 Å². The lowest BCUT2D eigenvalue weighted by Gasteiger charge is -2.08. The monoisotopic (exact) mass is 397 g/mol. The van der Waals surface area contributed by atoms with Crippen molar-refractivity contribution in [1.82, 2.24) is 20.5 Å². The fourth-order valence-electron chi connectivity index (χ4n) is 2.92. The molecule has 0 aliphatic heterocycles. The zero-order valence-corrected chi connectivity index (χ0v) is 16.0. The summed E-state index contributed by atoms with van der Waals surface area (Å²) in [7, 11) is 0. The van der Waals surface area contributed by atoms with E-state index in [1.54, 1.807) is 36.5 Å². The molecule has 0 radical (unpaired) electrons. The highest BCUT2D eigenvalue weighted by atomic mass is 16.2. The Bertz CT molecular complexity index is 1160. The summed E-state index contributed by atoms with van der Waals surface area (Å²) in [4.78, 5) is 28.7. The van der Waals surface area contributed by atoms with Crippen LogP contribution in [-0.2, 0) is 6.54 Å². The summed E-state index contributed by atoms with van der Waals surface area (Å²) in [6.07, 6.45) is 1.57. The van der Waals surface area contributed by atoms with Gasteiger partial charge in [-0.05, 0) is 35.9 Å². The Morgan fingerprint density at radius 2 is 1.70 bits per heavy atom. The second-order valence-corrected chi connectivity index (χ2v) is 6.59. The van der Waals surface area contributed by atoms with Crippen LogP contribution in [-0.4, -0.2) is 27.0 Å². The minimum atomic E-state index is -0.289. The fourth-order valence-corrected chi connectivity index (χ4v) is 2.92. The van der Waals surface area contributed by atoms with Gasteiger partial charge in [0.2, 0.25) is 0 Å². The van der Waals surface area contributed by atoms with Gasteiger partial charge in [0.15, 0.2) is 0 Å². The Morgan fingerprint density at radius 3 is 2.50 bits per heavy atom. The molecule has 2 aromatic carbocycles. The van der Waals surface area contributed by atoms with E-state index in [1.165, 1.54) is 0 Å². The molecular formula is C23H19N5O2. The lowest BCUT2D eigenvalue weighted by molar-refractivity contribution is 0.0945. The second-order valence-electron chi connectivity index (χ2n) is 6.59. The van der Waals surface area contributed by atoms with Gasteiger partial charge < -0.3 is 10.6 Å². The van der Waals surface area contributed by atoms with Crippen LogP contribution in [0.25, 0.3) is 11.3 Å². The Labute approximate surface area is 173 Å². The van der Waals surface area contributed by atoms with Crippen molar-refractivity contribution in [1.29, 1.82) is 0 Å². The molecule has 0 aliphatic rings. The molecule has 7 nitrogen and oxygen atoms in total. The third kappa shape index (κ3) is 4.59. The number of aromatic nitrogens is 3. The third-order valence-corrected chi connectivity index (χ3v) is 4.43. The highest BCUT2D eigenvalue weighted by Crippen LogP contribution is 2.17. The summed E-state index contributed by atoms with van der Waals surface area (Å²) in [5.41, 5.74) is 3.84. The van der Waals surface area contributed by atoms with E-state index in [4.69, 9.17) is 0 Å². The van der Waals surface area contributed by atoms with Gasteiger partial charge in [0.25, 0.3) is 11.8 Å². The summed E-state index contributed by atoms with van der Waals surface area (Å²) < 4.78 is 0. The SMILES string of the molecule is O=C(Nc1cccc(CNC(=O)c2cc(-c3ccccc3)n[nH]2)c1)c1ccccn1. The topological polar surface area (TPSA) is 99.8 Å². The first kappa shape index (κ1) is 19.1. The van der Waals surface area contributed by atoms with Gasteiger partial charge in [-0.15, -0.1) is 0 Å². The molecule has 4 rings (SSSR count). The van der Waals surface area contributed by atoms with Gasteiger partial charge in [0.1, 0.15) is 11.4 Å². The maximum Gasteiger partial charge on any atom is 0.274 e. The molecule has 148 valence electrons. The van der Waals surface area contributed by atoms with E-state index in [0.29, 0.717) is 29.3 Å². The molecule has 2 amide bonds. The number of rotatable bonds is 6. The van der Waals surface area contributed by atoms with Gasteiger partial charge >= 0.3 is 0 Å². The fraction of sp³-hybridized carbons (Fsp3) is 0.0435. The van der Waals surface area contributed by atoms with Crippen molar-refractivity contribution in [2.45, 2.75) is 6.54 Å². The van der Waals surface area contributed by atoms with Crippen molar-refractivity contribution in [3.8, 4) is 11.3 Å². The Hall–Kier alpha value is -4.26. The number of carbonyl (C=O) groups is 2. The third-order valence-electron chi connectivity index (χ3n) is 4.43. The van der Waals surface area contributed by atoms with Crippen molar-refractivity contribution < 1.29 is 9.59 Å². The molecule has 0 spiro atoms. The number of hydrogen-bond acceptors (Lipinski definition) is 4. The number of carbonyl (C=O) groups excluding carboxylic acids is 2. The molecule has 0 bridgehead atoms. The van der Waals surface area contributed by atoms with E-state index in [0.717, 1.165) is 11.1 Å². The zero-order chi connectivity index (χ0) is 20.8. The summed E-state index contributed by atoms with van der Waals surface area (Å²) >= 11 is 0. The molecule has 2 aromatic heterocycles. The summed E-state index contributed by atoms with van der Waals surface area (Å²) in [6, 6.07) is 23.8. The molecule has 0 saturated heterocycles. The van der Waals surface area contributed by atoms with Crippen molar-refractivity contribution in [2.24, 2.45) is 0 Å². The van der Waals surface area contributed by atoms with Crippen LogP contribution in [0.2, 0.25) is 0 Å². The van der Waals surface area contributed by atoms with Crippen molar-refractivity contribution in [3.05, 3.63) is 102 Å². The van der Waals surface area contributed by atoms with Crippen LogP contribution in [0.1, 0.15) is 26.5 Å². The molecule has 0 saturated carbocycles. The molecule has 2 heterocycles. The molecular weight excluding hydrogens is 378 g/mol. The molecule has 0 aliphatic carbocycles. The van der Waals surface area contributed by atoms with E-state index >= 15 is 0 Å². The number of H-pyrrole nitrogens is 1. The lowest BCUT2D eigenvalue weighted by atomic mass is 10.1. The van der Waals surface area contributed by atoms with E-state index < -0.39 is 0 Å². The number of anilines is 1. The van der Waals surface area contributed by atoms with Crippen LogP contribution < -0.4 is 10.6 Å². The molecule has 3 N–H and O–H groups in total. The summed E-state index contributed by atoms with van der Waals surface area (Å²) in [6.45, 7) is 0.311. The van der Waals surface area contributed by atoms with Crippen LogP contribution in [0.15, 0.2) is 85.1 Å². The number of pyridine rings is 1. The van der Waals surface area contributed by atoms with Crippen LogP contribution in [0.5, 0.6) is 0 Å². The Kier molecular flexibility index (Phi) is 5.61. The van der Waals surface area contributed by atoms with Gasteiger partial charge in [-0.2, -0.15) is 5.10 Å². The quantitative estimate of drug-likeness (QED) is 0.462. The van der Waals surface area contributed by atoms with Gasteiger partial charge in [-0.25, -0.2) is 0 Å². The van der Waals surface area contributed by atoms with E-state index in [-0.39, 0.29) is 11.8 Å². The number of benzene rings is 2. The average Bonchev–Trinajstić information content (AvgIpc) is 3.29. The van der Waals surface area contributed by atoms with Gasteiger partial charge in [-0.3, -0.25) is 19.7 Å². The number of aromatic amines is 1. The second kappa shape index (κ2) is 8.83. The first-order valence-electron chi connectivity index (χ1n) is 9.39. The zero-order valence-electron chi connectivity index (χ0n) is 16.0. The number of nitrogens with one attached hydrogen (secondary N) is 3. The van der Waals surface area contributed by atoms with Gasteiger partial charge in [-0.1, -0.05) is 48.5 Å². The number of nitrogens with zero attached hydrogens (tertiary/aromatic N) is 2. The maximum absolute atomic E-state index is 12.4. The molecule has 0 fully saturated rings. The molecule has 4 aromatic rings. The predicted molar refractivity (Wildman–Crippen MR) is 114 cm³/mol. The highest BCUT2D eigenvalue weighted by molar-refractivity contribution is 6.02. The summed E-state index contributed by atoms with van der Waals surface area (Å²) in [5, 5.41) is 12.6. The largest absolute Gasteiger partial charge is 0.347 e. The molecule has 0 unspecified atom stereocenters. The first-order valence-corrected chi connectivity index (χ1v) is 9.39. The number of amides is 2. The van der Waals surface area contributed by atoms with Crippen LogP contribution >= 0.6 is 0 Å². The van der Waals surface area contributed by atoms with Crippen molar-refractivity contribution in [2.75, 3.05) is 5.32 Å². The first-order chi connectivity index (χ1) is 14.7. The normalized spacial score (nSPS) is 10.4. The Balaban J connectivity index is 1.37. The molecule has 0 atom stereocenters. The van der Waals surface area contributed by atoms with Crippen molar-refractivity contribution in [3.63, 3.8) is 0 Å². The lowest BCUT2D eigenvalue weighted by Crippen LogP contribution is -2.23. The molecule has 7 heteroatoms. The van der Waals surface area contributed by atoms with Crippen LogP contribution in [0, 0.1) is 0 Å². The maximum atomic E-state index is 12.4. The smallest absolute Gasteiger partial charge is 0.274 e. The number of hydrogen-bond donors (Lipinski definition) is 3. The van der Waals surface area contributed by atoms with Crippen LogP contribution in [0.3, 0.4) is 0 Å². The highest BCUT2D eigenvalue weighted by Gasteiger charge is 2.11.